The van der Waals surface area contributed by atoms with Gasteiger partial charge in [0.2, 0.25) is 0 Å². The minimum atomic E-state index is -0.349. The summed E-state index contributed by atoms with van der Waals surface area (Å²) in [5, 5.41) is 5.84. The van der Waals surface area contributed by atoms with Crippen LogP contribution >= 0.6 is 28.1 Å². The predicted molar refractivity (Wildman–Crippen MR) is 156 cm³/mol. The fraction of sp³-hybridized carbons (Fsp3) is 0.276. The quantitative estimate of drug-likeness (QED) is 0.254. The number of thiocarbonyl (C=S) groups is 1. The zero-order chi connectivity index (χ0) is 26.6. The van der Waals surface area contributed by atoms with E-state index in [4.69, 9.17) is 17.0 Å². The zero-order valence-electron chi connectivity index (χ0n) is 21.1. The molecule has 0 aliphatic rings. The topological polar surface area (TPSA) is 70.7 Å². The normalized spacial score (nSPS) is 10.5. The summed E-state index contributed by atoms with van der Waals surface area (Å²) in [5.74, 6) is 0.298. The molecule has 0 aliphatic carbocycles. The van der Waals surface area contributed by atoms with Crippen molar-refractivity contribution in [1.82, 2.24) is 10.2 Å². The molecular formula is C29H32BrN3O3S. The van der Waals surface area contributed by atoms with E-state index in [1.54, 1.807) is 42.5 Å². The van der Waals surface area contributed by atoms with Crippen LogP contribution in [-0.2, 0) is 6.42 Å². The average Bonchev–Trinajstić information content (AvgIpc) is 2.89. The third-order valence-corrected chi connectivity index (χ3v) is 6.38. The summed E-state index contributed by atoms with van der Waals surface area (Å²) in [7, 11) is 0. The minimum Gasteiger partial charge on any atom is -0.492 e. The Morgan fingerprint density at radius 1 is 0.919 bits per heavy atom. The maximum Gasteiger partial charge on any atom is 0.257 e. The fourth-order valence-corrected chi connectivity index (χ4v) is 4.49. The molecule has 0 spiro atoms. The first-order chi connectivity index (χ1) is 17.9. The molecule has 0 fully saturated rings. The van der Waals surface area contributed by atoms with Crippen molar-refractivity contribution in [3.05, 3.63) is 94.0 Å². The molecule has 194 valence electrons. The molecule has 8 heteroatoms. The first-order valence-electron chi connectivity index (χ1n) is 12.4. The maximum atomic E-state index is 12.9. The van der Waals surface area contributed by atoms with Crippen LogP contribution in [0, 0.1) is 0 Å². The van der Waals surface area contributed by atoms with Gasteiger partial charge in [0.1, 0.15) is 5.75 Å². The second-order valence-corrected chi connectivity index (χ2v) is 9.77. The van der Waals surface area contributed by atoms with E-state index in [0.717, 1.165) is 19.3 Å². The second-order valence-electron chi connectivity index (χ2n) is 8.51. The van der Waals surface area contributed by atoms with Crippen LogP contribution in [-0.4, -0.2) is 41.5 Å². The number of anilines is 1. The lowest BCUT2D eigenvalue weighted by Gasteiger charge is -2.21. The Hall–Kier alpha value is -3.23. The van der Waals surface area contributed by atoms with E-state index in [2.05, 4.69) is 52.5 Å². The van der Waals surface area contributed by atoms with Gasteiger partial charge in [0.05, 0.1) is 11.1 Å². The zero-order valence-corrected chi connectivity index (χ0v) is 23.5. The molecule has 3 rings (SSSR count). The van der Waals surface area contributed by atoms with Crippen LogP contribution in [0.4, 0.5) is 5.69 Å². The minimum absolute atomic E-state index is 0.0155. The van der Waals surface area contributed by atoms with Gasteiger partial charge in [-0.05, 0) is 83.0 Å². The Labute approximate surface area is 232 Å². The van der Waals surface area contributed by atoms with E-state index in [-0.39, 0.29) is 16.9 Å². The Balaban J connectivity index is 1.56. The molecule has 0 saturated carbocycles. The smallest absolute Gasteiger partial charge is 0.257 e. The van der Waals surface area contributed by atoms with Gasteiger partial charge in [0, 0.05) is 36.3 Å². The Morgan fingerprint density at radius 3 is 2.32 bits per heavy atom. The standard InChI is InChI=1S/C29H32BrN3O3S/c1-3-16-33(17-4-2)28(35)23-11-8-12-24(19-23)31-29(37)32-27(34)22-13-14-26(25(30)20-22)36-18-15-21-9-6-5-7-10-21/h5-14,19-20H,3-4,15-18H2,1-2H3,(H2,31,32,34,37). The molecule has 6 nitrogen and oxygen atoms in total. The Bertz CT molecular complexity index is 1210. The third kappa shape index (κ3) is 8.68. The summed E-state index contributed by atoms with van der Waals surface area (Å²) in [5.41, 5.74) is 2.84. The molecule has 0 saturated heterocycles. The largest absolute Gasteiger partial charge is 0.492 e. The molecule has 0 unspecified atom stereocenters. The number of amides is 2. The van der Waals surface area contributed by atoms with Crippen LogP contribution in [0.3, 0.4) is 0 Å². The van der Waals surface area contributed by atoms with Crippen LogP contribution in [0.25, 0.3) is 0 Å². The molecule has 0 atom stereocenters. The van der Waals surface area contributed by atoms with Gasteiger partial charge in [0.25, 0.3) is 11.8 Å². The average molecular weight is 583 g/mol. The number of rotatable bonds is 11. The number of hydrogen-bond acceptors (Lipinski definition) is 4. The highest BCUT2D eigenvalue weighted by molar-refractivity contribution is 9.10. The van der Waals surface area contributed by atoms with Crippen molar-refractivity contribution in [3.8, 4) is 5.75 Å². The number of hydrogen-bond donors (Lipinski definition) is 2. The van der Waals surface area contributed by atoms with Gasteiger partial charge < -0.3 is 15.0 Å². The number of nitrogens with one attached hydrogen (secondary N) is 2. The van der Waals surface area contributed by atoms with Crippen molar-refractivity contribution in [3.63, 3.8) is 0 Å². The highest BCUT2D eigenvalue weighted by atomic mass is 79.9. The summed E-state index contributed by atoms with van der Waals surface area (Å²) in [4.78, 5) is 27.5. The van der Waals surface area contributed by atoms with Gasteiger partial charge in [-0.2, -0.15) is 0 Å². The van der Waals surface area contributed by atoms with E-state index in [1.807, 2.05) is 23.1 Å². The van der Waals surface area contributed by atoms with Crippen molar-refractivity contribution in [1.29, 1.82) is 0 Å². The van der Waals surface area contributed by atoms with Crippen molar-refractivity contribution < 1.29 is 14.3 Å². The first-order valence-corrected chi connectivity index (χ1v) is 13.6. The molecule has 0 aromatic heterocycles. The van der Waals surface area contributed by atoms with Gasteiger partial charge in [-0.25, -0.2) is 0 Å². The molecule has 0 radical (unpaired) electrons. The molecule has 0 bridgehead atoms. The van der Waals surface area contributed by atoms with Crippen LogP contribution in [0.1, 0.15) is 53.0 Å². The number of nitrogens with zero attached hydrogens (tertiary/aromatic N) is 1. The van der Waals surface area contributed by atoms with Gasteiger partial charge in [-0.3, -0.25) is 14.9 Å². The molecule has 3 aromatic rings. The summed E-state index contributed by atoms with van der Waals surface area (Å²) in [6.07, 6.45) is 2.59. The van der Waals surface area contributed by atoms with Crippen molar-refractivity contribution in [2.75, 3.05) is 25.0 Å². The predicted octanol–water partition coefficient (Wildman–Crippen LogP) is 6.46. The lowest BCUT2D eigenvalue weighted by molar-refractivity contribution is 0.0755. The summed E-state index contributed by atoms with van der Waals surface area (Å²) < 4.78 is 6.55. The Morgan fingerprint density at radius 2 is 1.65 bits per heavy atom. The second kappa shape index (κ2) is 14.5. The molecule has 0 heterocycles. The van der Waals surface area contributed by atoms with Crippen LogP contribution in [0.15, 0.2) is 77.3 Å². The number of ether oxygens (including phenoxy) is 1. The van der Waals surface area contributed by atoms with Crippen molar-refractivity contribution in [2.45, 2.75) is 33.1 Å². The van der Waals surface area contributed by atoms with Gasteiger partial charge in [-0.1, -0.05) is 50.2 Å². The number of carbonyl (C=O) groups excluding carboxylic acids is 2. The van der Waals surface area contributed by atoms with Gasteiger partial charge in [-0.15, -0.1) is 0 Å². The molecule has 3 aromatic carbocycles. The van der Waals surface area contributed by atoms with Crippen molar-refractivity contribution >= 4 is 50.8 Å². The third-order valence-electron chi connectivity index (χ3n) is 5.55. The van der Waals surface area contributed by atoms with E-state index in [9.17, 15) is 9.59 Å². The number of carbonyl (C=O) groups is 2. The van der Waals surface area contributed by atoms with Gasteiger partial charge in [0.15, 0.2) is 5.11 Å². The van der Waals surface area contributed by atoms with E-state index >= 15 is 0 Å². The molecule has 2 N–H and O–H groups in total. The van der Waals surface area contributed by atoms with Crippen LogP contribution in [0.2, 0.25) is 0 Å². The van der Waals surface area contributed by atoms with E-state index in [1.165, 1.54) is 5.56 Å². The SMILES string of the molecule is CCCN(CCC)C(=O)c1cccc(NC(=S)NC(=O)c2ccc(OCCc3ccccc3)c(Br)c2)c1. The fourth-order valence-electron chi connectivity index (χ4n) is 3.79. The summed E-state index contributed by atoms with van der Waals surface area (Å²) in [6.45, 7) is 6.06. The van der Waals surface area contributed by atoms with Crippen molar-refractivity contribution in [2.24, 2.45) is 0 Å². The number of benzene rings is 3. The van der Waals surface area contributed by atoms with Gasteiger partial charge >= 0.3 is 0 Å². The molecular weight excluding hydrogens is 550 g/mol. The highest BCUT2D eigenvalue weighted by Gasteiger charge is 2.15. The van der Waals surface area contributed by atoms with Crippen LogP contribution in [0.5, 0.6) is 5.75 Å². The molecule has 37 heavy (non-hydrogen) atoms. The monoisotopic (exact) mass is 581 g/mol. The Kier molecular flexibility index (Phi) is 11.1. The maximum absolute atomic E-state index is 12.9. The highest BCUT2D eigenvalue weighted by Crippen LogP contribution is 2.26. The first kappa shape index (κ1) is 28.3. The molecule has 2 amide bonds. The summed E-state index contributed by atoms with van der Waals surface area (Å²) >= 11 is 8.83. The lowest BCUT2D eigenvalue weighted by Crippen LogP contribution is -2.34. The van der Waals surface area contributed by atoms with E-state index in [0.29, 0.717) is 46.7 Å². The number of halogens is 1. The van der Waals surface area contributed by atoms with E-state index < -0.39 is 0 Å². The lowest BCUT2D eigenvalue weighted by atomic mass is 10.1. The molecule has 0 aliphatic heterocycles. The van der Waals surface area contributed by atoms with Crippen LogP contribution < -0.4 is 15.4 Å². The summed E-state index contributed by atoms with van der Waals surface area (Å²) in [6, 6.07) is 22.4.